The Labute approximate surface area is 112 Å². The molecule has 1 unspecified atom stereocenters. The summed E-state index contributed by atoms with van der Waals surface area (Å²) < 4.78 is 0. The van der Waals surface area contributed by atoms with E-state index >= 15 is 0 Å². The van der Waals surface area contributed by atoms with E-state index in [4.69, 9.17) is 23.2 Å². The summed E-state index contributed by atoms with van der Waals surface area (Å²) >= 11 is 12.3. The number of halogens is 2. The van der Waals surface area contributed by atoms with E-state index in [0.717, 1.165) is 18.8 Å². The van der Waals surface area contributed by atoms with Gasteiger partial charge in [0.15, 0.2) is 0 Å². The summed E-state index contributed by atoms with van der Waals surface area (Å²) in [5.41, 5.74) is 0. The first kappa shape index (κ1) is 12.8. The Bertz CT molecular complexity index is 409. The van der Waals surface area contributed by atoms with Crippen LogP contribution in [0, 0.1) is 0 Å². The molecule has 0 saturated carbocycles. The zero-order valence-corrected chi connectivity index (χ0v) is 11.6. The second-order valence-electron chi connectivity index (χ2n) is 4.27. The summed E-state index contributed by atoms with van der Waals surface area (Å²) in [5, 5.41) is 4.19. The van der Waals surface area contributed by atoms with Crippen molar-refractivity contribution in [3.05, 3.63) is 16.1 Å². The van der Waals surface area contributed by atoms with Gasteiger partial charge in [0.05, 0.1) is 10.0 Å². The summed E-state index contributed by atoms with van der Waals surface area (Å²) in [4.78, 5) is 6.81. The molecule has 1 aromatic rings. The Morgan fingerprint density at radius 2 is 2.24 bits per heavy atom. The van der Waals surface area contributed by atoms with Gasteiger partial charge in [-0.25, -0.2) is 4.98 Å². The molecule has 0 amide bonds. The van der Waals surface area contributed by atoms with Crippen LogP contribution in [-0.2, 0) is 0 Å². The van der Waals surface area contributed by atoms with Gasteiger partial charge in [-0.3, -0.25) is 0 Å². The van der Waals surface area contributed by atoms with Crippen molar-refractivity contribution in [2.45, 2.75) is 32.2 Å². The molecule has 0 aliphatic carbocycles. The Balaban J connectivity index is 2.37. The highest BCUT2D eigenvalue weighted by Gasteiger charge is 2.26. The Kier molecular flexibility index (Phi) is 4.00. The molecule has 17 heavy (non-hydrogen) atoms. The van der Waals surface area contributed by atoms with E-state index in [1.54, 1.807) is 6.07 Å². The number of nitrogens with one attached hydrogen (secondary N) is 1. The minimum atomic E-state index is 0.547. The number of rotatable bonds is 3. The first-order chi connectivity index (χ1) is 8.17. The number of anilines is 2. The average molecular weight is 274 g/mol. The van der Waals surface area contributed by atoms with E-state index < -0.39 is 0 Å². The second-order valence-corrected chi connectivity index (χ2v) is 5.09. The molecule has 5 heteroatoms. The molecular weight excluding hydrogens is 257 g/mol. The van der Waals surface area contributed by atoms with E-state index in [1.165, 1.54) is 12.8 Å². The van der Waals surface area contributed by atoms with Crippen molar-refractivity contribution < 1.29 is 0 Å². The van der Waals surface area contributed by atoms with Gasteiger partial charge in [-0.15, -0.1) is 0 Å². The standard InChI is InChI=1S/C12H17Cl2N3/c1-3-8-5-4-6-17(8)12-10(14)7-9(13)11(15-2)16-12/h7-8H,3-6H2,1-2H3,(H,15,16). The predicted octanol–water partition coefficient (Wildman–Crippen LogP) is 3.81. The first-order valence-corrected chi connectivity index (χ1v) is 6.73. The van der Waals surface area contributed by atoms with Crippen LogP contribution in [-0.4, -0.2) is 24.6 Å². The second kappa shape index (κ2) is 5.32. The van der Waals surface area contributed by atoms with Crippen molar-refractivity contribution in [1.82, 2.24) is 4.98 Å². The maximum absolute atomic E-state index is 6.24. The van der Waals surface area contributed by atoms with Crippen LogP contribution in [0.5, 0.6) is 0 Å². The molecular formula is C12H17Cl2N3. The molecule has 1 aromatic heterocycles. The fraction of sp³-hybridized carbons (Fsp3) is 0.583. The van der Waals surface area contributed by atoms with Gasteiger partial charge in [0, 0.05) is 19.6 Å². The van der Waals surface area contributed by atoms with Gasteiger partial charge in [0.1, 0.15) is 11.6 Å². The molecule has 0 bridgehead atoms. The van der Waals surface area contributed by atoms with E-state index in [2.05, 4.69) is 22.1 Å². The number of hydrogen-bond acceptors (Lipinski definition) is 3. The van der Waals surface area contributed by atoms with Crippen LogP contribution in [0.2, 0.25) is 10.0 Å². The lowest BCUT2D eigenvalue weighted by atomic mass is 10.2. The lowest BCUT2D eigenvalue weighted by Gasteiger charge is -2.26. The fourth-order valence-electron chi connectivity index (χ4n) is 2.37. The van der Waals surface area contributed by atoms with Gasteiger partial charge in [0.2, 0.25) is 0 Å². The van der Waals surface area contributed by atoms with Crippen molar-refractivity contribution >= 4 is 34.8 Å². The summed E-state index contributed by atoms with van der Waals surface area (Å²) in [6.45, 7) is 3.22. The molecule has 2 rings (SSSR count). The van der Waals surface area contributed by atoms with Crippen LogP contribution in [0.4, 0.5) is 11.6 Å². The maximum atomic E-state index is 6.24. The molecule has 94 valence electrons. The maximum Gasteiger partial charge on any atom is 0.150 e. The van der Waals surface area contributed by atoms with Gasteiger partial charge < -0.3 is 10.2 Å². The minimum absolute atomic E-state index is 0.547. The summed E-state index contributed by atoms with van der Waals surface area (Å²) in [6, 6.07) is 2.31. The molecule has 1 aliphatic rings. The number of nitrogens with zero attached hydrogens (tertiary/aromatic N) is 2. The highest BCUT2D eigenvalue weighted by molar-refractivity contribution is 6.37. The largest absolute Gasteiger partial charge is 0.372 e. The van der Waals surface area contributed by atoms with Crippen molar-refractivity contribution in [3.8, 4) is 0 Å². The molecule has 0 aromatic carbocycles. The highest BCUT2D eigenvalue weighted by atomic mass is 35.5. The molecule has 0 radical (unpaired) electrons. The fourth-order valence-corrected chi connectivity index (χ4v) is 2.93. The Morgan fingerprint density at radius 3 is 2.88 bits per heavy atom. The summed E-state index contributed by atoms with van der Waals surface area (Å²) in [6.07, 6.45) is 3.54. The monoisotopic (exact) mass is 273 g/mol. The van der Waals surface area contributed by atoms with Crippen molar-refractivity contribution in [2.24, 2.45) is 0 Å². The first-order valence-electron chi connectivity index (χ1n) is 5.97. The third kappa shape index (κ3) is 2.45. The topological polar surface area (TPSA) is 28.2 Å². The van der Waals surface area contributed by atoms with Crippen molar-refractivity contribution in [2.75, 3.05) is 23.8 Å². The molecule has 1 saturated heterocycles. The Morgan fingerprint density at radius 1 is 1.47 bits per heavy atom. The van der Waals surface area contributed by atoms with Gasteiger partial charge in [-0.2, -0.15) is 0 Å². The molecule has 1 aliphatic heterocycles. The number of hydrogen-bond donors (Lipinski definition) is 1. The van der Waals surface area contributed by atoms with Gasteiger partial charge in [-0.05, 0) is 25.3 Å². The molecule has 0 spiro atoms. The molecule has 2 heterocycles. The molecule has 3 nitrogen and oxygen atoms in total. The zero-order chi connectivity index (χ0) is 12.4. The number of pyridine rings is 1. The number of aromatic nitrogens is 1. The molecule has 1 N–H and O–H groups in total. The predicted molar refractivity (Wildman–Crippen MR) is 74.5 cm³/mol. The SMILES string of the molecule is CCC1CCCN1c1nc(NC)c(Cl)cc1Cl. The van der Waals surface area contributed by atoms with Crippen LogP contribution in [0.25, 0.3) is 0 Å². The third-order valence-electron chi connectivity index (χ3n) is 3.27. The van der Waals surface area contributed by atoms with Crippen molar-refractivity contribution in [3.63, 3.8) is 0 Å². The summed E-state index contributed by atoms with van der Waals surface area (Å²) in [7, 11) is 1.81. The zero-order valence-electron chi connectivity index (χ0n) is 10.1. The van der Waals surface area contributed by atoms with Crippen LogP contribution >= 0.6 is 23.2 Å². The molecule has 1 atom stereocenters. The summed E-state index contributed by atoms with van der Waals surface area (Å²) in [5.74, 6) is 1.54. The Hall–Kier alpha value is -0.670. The van der Waals surface area contributed by atoms with E-state index in [0.29, 0.717) is 21.9 Å². The lowest BCUT2D eigenvalue weighted by Crippen LogP contribution is -2.29. The van der Waals surface area contributed by atoms with E-state index in [-0.39, 0.29) is 0 Å². The van der Waals surface area contributed by atoms with Crippen LogP contribution in [0.1, 0.15) is 26.2 Å². The van der Waals surface area contributed by atoms with E-state index in [9.17, 15) is 0 Å². The van der Waals surface area contributed by atoms with Crippen LogP contribution in [0.15, 0.2) is 6.07 Å². The normalized spacial score (nSPS) is 19.8. The highest BCUT2D eigenvalue weighted by Crippen LogP contribution is 2.35. The van der Waals surface area contributed by atoms with Gasteiger partial charge in [0.25, 0.3) is 0 Å². The average Bonchev–Trinajstić information content (AvgIpc) is 2.77. The van der Waals surface area contributed by atoms with Gasteiger partial charge >= 0.3 is 0 Å². The third-order valence-corrected chi connectivity index (χ3v) is 3.83. The minimum Gasteiger partial charge on any atom is -0.372 e. The van der Waals surface area contributed by atoms with Crippen LogP contribution < -0.4 is 10.2 Å². The van der Waals surface area contributed by atoms with Gasteiger partial charge in [-0.1, -0.05) is 30.1 Å². The van der Waals surface area contributed by atoms with Crippen LogP contribution in [0.3, 0.4) is 0 Å². The van der Waals surface area contributed by atoms with E-state index in [1.807, 2.05) is 7.05 Å². The smallest absolute Gasteiger partial charge is 0.150 e. The lowest BCUT2D eigenvalue weighted by molar-refractivity contribution is 0.641. The molecule has 1 fully saturated rings. The van der Waals surface area contributed by atoms with Crippen molar-refractivity contribution in [1.29, 1.82) is 0 Å². The quantitative estimate of drug-likeness (QED) is 0.908.